The minimum absolute atomic E-state index is 0.0746. The average molecular weight is 316 g/mol. The molecule has 4 nitrogen and oxygen atoms in total. The van der Waals surface area contributed by atoms with Crippen molar-refractivity contribution >= 4 is 21.4 Å². The molecule has 0 radical (unpaired) electrons. The van der Waals surface area contributed by atoms with Gasteiger partial charge in [-0.1, -0.05) is 19.8 Å². The largest absolute Gasteiger partial charge is 0.326 e. The van der Waals surface area contributed by atoms with Crippen molar-refractivity contribution in [3.8, 4) is 0 Å². The van der Waals surface area contributed by atoms with E-state index in [-0.39, 0.29) is 6.04 Å². The molecule has 1 aliphatic carbocycles. The average Bonchev–Trinajstić information content (AvgIpc) is 2.66. The monoisotopic (exact) mass is 316 g/mol. The highest BCUT2D eigenvalue weighted by molar-refractivity contribution is 7.89. The van der Waals surface area contributed by atoms with Crippen LogP contribution in [0, 0.1) is 12.8 Å². The molecule has 114 valence electrons. The Morgan fingerprint density at radius 1 is 1.35 bits per heavy atom. The summed E-state index contributed by atoms with van der Waals surface area (Å²) in [5, 5.41) is 0. The van der Waals surface area contributed by atoms with Gasteiger partial charge in [-0.15, -0.1) is 11.3 Å². The summed E-state index contributed by atoms with van der Waals surface area (Å²) in [6.45, 7) is 4.48. The van der Waals surface area contributed by atoms with Gasteiger partial charge in [0.25, 0.3) is 0 Å². The quantitative estimate of drug-likeness (QED) is 0.839. The summed E-state index contributed by atoms with van der Waals surface area (Å²) in [6.07, 6.45) is 5.28. The highest BCUT2D eigenvalue weighted by Gasteiger charge is 2.25. The Morgan fingerprint density at radius 3 is 2.75 bits per heavy atom. The van der Waals surface area contributed by atoms with Crippen LogP contribution in [-0.4, -0.2) is 14.5 Å². The van der Waals surface area contributed by atoms with Crippen molar-refractivity contribution in [1.82, 2.24) is 4.72 Å². The fourth-order valence-corrected chi connectivity index (χ4v) is 5.60. The fourth-order valence-electron chi connectivity index (χ4n) is 2.78. The van der Waals surface area contributed by atoms with Crippen molar-refractivity contribution in [1.29, 1.82) is 0 Å². The van der Waals surface area contributed by atoms with Crippen LogP contribution in [-0.2, 0) is 16.6 Å². The molecule has 6 heteroatoms. The Hall–Kier alpha value is -0.430. The van der Waals surface area contributed by atoms with E-state index in [2.05, 4.69) is 11.6 Å². The molecule has 0 saturated heterocycles. The lowest BCUT2D eigenvalue weighted by Crippen LogP contribution is -2.34. The second-order valence-electron chi connectivity index (χ2n) is 5.77. The summed E-state index contributed by atoms with van der Waals surface area (Å²) in [5.41, 5.74) is 5.59. The standard InChI is InChI=1S/C14H24N2O2S2/c1-10-4-3-5-12(7-6-10)16-20(17,18)14-8-13(9-15)19-11(14)2/h8,10,12,16H,3-7,9,15H2,1-2H3. The molecule has 2 unspecified atom stereocenters. The van der Waals surface area contributed by atoms with Gasteiger partial charge in [0.05, 0.1) is 4.90 Å². The molecule has 0 amide bonds. The fraction of sp³-hybridized carbons (Fsp3) is 0.714. The van der Waals surface area contributed by atoms with Gasteiger partial charge in [0.15, 0.2) is 0 Å². The van der Waals surface area contributed by atoms with E-state index >= 15 is 0 Å². The zero-order chi connectivity index (χ0) is 14.8. The third-order valence-corrected chi connectivity index (χ3v) is 6.84. The van der Waals surface area contributed by atoms with Crippen LogP contribution in [0.3, 0.4) is 0 Å². The molecule has 1 aromatic heterocycles. The summed E-state index contributed by atoms with van der Waals surface area (Å²) in [5.74, 6) is 0.705. The second-order valence-corrected chi connectivity index (χ2v) is 8.79. The molecule has 0 aliphatic heterocycles. The van der Waals surface area contributed by atoms with Gasteiger partial charge in [0.2, 0.25) is 10.0 Å². The summed E-state index contributed by atoms with van der Waals surface area (Å²) < 4.78 is 27.9. The Labute approximate surface area is 125 Å². The molecule has 1 heterocycles. The normalized spacial score (nSPS) is 24.6. The van der Waals surface area contributed by atoms with Gasteiger partial charge in [-0.3, -0.25) is 0 Å². The number of thiophene rings is 1. The maximum atomic E-state index is 12.5. The third-order valence-electron chi connectivity index (χ3n) is 3.99. The van der Waals surface area contributed by atoms with Crippen LogP contribution in [0.25, 0.3) is 0 Å². The first kappa shape index (κ1) is 15.9. The lowest BCUT2D eigenvalue weighted by Gasteiger charge is -2.16. The van der Waals surface area contributed by atoms with Crippen molar-refractivity contribution in [3.05, 3.63) is 15.8 Å². The van der Waals surface area contributed by atoms with Gasteiger partial charge >= 0.3 is 0 Å². The first-order chi connectivity index (χ1) is 9.42. The number of nitrogens with two attached hydrogens (primary N) is 1. The van der Waals surface area contributed by atoms with Gasteiger partial charge in [0.1, 0.15) is 0 Å². The molecule has 3 N–H and O–H groups in total. The van der Waals surface area contributed by atoms with Crippen LogP contribution < -0.4 is 10.5 Å². The van der Waals surface area contributed by atoms with E-state index in [0.717, 1.165) is 35.4 Å². The smallest absolute Gasteiger partial charge is 0.241 e. The summed E-state index contributed by atoms with van der Waals surface area (Å²) in [6, 6.07) is 1.78. The summed E-state index contributed by atoms with van der Waals surface area (Å²) >= 11 is 1.46. The first-order valence-corrected chi connectivity index (χ1v) is 9.54. The molecular formula is C14H24N2O2S2. The summed E-state index contributed by atoms with van der Waals surface area (Å²) in [4.78, 5) is 2.14. The van der Waals surface area contributed by atoms with Crippen molar-refractivity contribution < 1.29 is 8.42 Å². The number of rotatable bonds is 4. The minimum Gasteiger partial charge on any atom is -0.326 e. The molecule has 0 aromatic carbocycles. The maximum absolute atomic E-state index is 12.5. The van der Waals surface area contributed by atoms with Crippen LogP contribution in [0.2, 0.25) is 0 Å². The number of sulfonamides is 1. The second kappa shape index (κ2) is 6.56. The van der Waals surface area contributed by atoms with E-state index < -0.39 is 10.0 Å². The van der Waals surface area contributed by atoms with E-state index in [4.69, 9.17) is 5.73 Å². The van der Waals surface area contributed by atoms with E-state index in [9.17, 15) is 8.42 Å². The zero-order valence-corrected chi connectivity index (χ0v) is 13.8. The van der Waals surface area contributed by atoms with E-state index in [1.54, 1.807) is 6.07 Å². The SMILES string of the molecule is Cc1sc(CN)cc1S(=O)(=O)NC1CCCC(C)CC1. The molecule has 1 aromatic rings. The van der Waals surface area contributed by atoms with Crippen LogP contribution in [0.5, 0.6) is 0 Å². The summed E-state index contributed by atoms with van der Waals surface area (Å²) in [7, 11) is -3.41. The molecule has 20 heavy (non-hydrogen) atoms. The van der Waals surface area contributed by atoms with Gasteiger partial charge in [-0.05, 0) is 38.2 Å². The van der Waals surface area contributed by atoms with Crippen LogP contribution >= 0.6 is 11.3 Å². The highest BCUT2D eigenvalue weighted by atomic mass is 32.2. The van der Waals surface area contributed by atoms with E-state index in [1.807, 2.05) is 6.92 Å². The molecular weight excluding hydrogens is 292 g/mol. The van der Waals surface area contributed by atoms with Gasteiger partial charge in [-0.25, -0.2) is 13.1 Å². The number of aryl methyl sites for hydroxylation is 1. The van der Waals surface area contributed by atoms with Crippen molar-refractivity contribution in [3.63, 3.8) is 0 Å². The zero-order valence-electron chi connectivity index (χ0n) is 12.2. The predicted octanol–water partition coefficient (Wildman–Crippen LogP) is 2.76. The predicted molar refractivity (Wildman–Crippen MR) is 83.3 cm³/mol. The lowest BCUT2D eigenvalue weighted by atomic mass is 10.0. The maximum Gasteiger partial charge on any atom is 0.241 e. The Bertz CT molecular complexity index is 552. The Morgan fingerprint density at radius 2 is 2.10 bits per heavy atom. The third kappa shape index (κ3) is 3.81. The molecule has 2 atom stereocenters. The van der Waals surface area contributed by atoms with Gasteiger partial charge in [0, 0.05) is 22.3 Å². The Balaban J connectivity index is 2.12. The molecule has 0 bridgehead atoms. The van der Waals surface area contributed by atoms with Crippen LogP contribution in [0.4, 0.5) is 0 Å². The molecule has 1 fully saturated rings. The molecule has 1 saturated carbocycles. The number of hydrogen-bond acceptors (Lipinski definition) is 4. The van der Waals surface area contributed by atoms with Gasteiger partial charge < -0.3 is 5.73 Å². The molecule has 1 aliphatic rings. The highest BCUT2D eigenvalue weighted by Crippen LogP contribution is 2.27. The molecule has 2 rings (SSSR count). The number of hydrogen-bond donors (Lipinski definition) is 2. The van der Waals surface area contributed by atoms with E-state index in [1.165, 1.54) is 17.8 Å². The van der Waals surface area contributed by atoms with Crippen LogP contribution in [0.1, 0.15) is 48.8 Å². The molecule has 0 spiro atoms. The topological polar surface area (TPSA) is 72.2 Å². The lowest BCUT2D eigenvalue weighted by molar-refractivity contribution is 0.484. The van der Waals surface area contributed by atoms with Crippen molar-refractivity contribution in [2.24, 2.45) is 11.7 Å². The van der Waals surface area contributed by atoms with Crippen LogP contribution in [0.15, 0.2) is 11.0 Å². The van der Waals surface area contributed by atoms with Gasteiger partial charge in [-0.2, -0.15) is 0 Å². The Kier molecular flexibility index (Phi) is 5.23. The number of nitrogens with one attached hydrogen (secondary N) is 1. The minimum atomic E-state index is -3.41. The van der Waals surface area contributed by atoms with Crippen molar-refractivity contribution in [2.45, 2.75) is 63.4 Å². The van der Waals surface area contributed by atoms with Crippen molar-refractivity contribution in [2.75, 3.05) is 0 Å². The first-order valence-electron chi connectivity index (χ1n) is 7.24. The van der Waals surface area contributed by atoms with E-state index in [0.29, 0.717) is 17.4 Å².